The molecule has 1 heterocycles. The van der Waals surface area contributed by atoms with Gasteiger partial charge in [0, 0.05) is 13.1 Å². The second kappa shape index (κ2) is 5.25. The predicted molar refractivity (Wildman–Crippen MR) is 69.9 cm³/mol. The summed E-state index contributed by atoms with van der Waals surface area (Å²) in [4.78, 5) is 6.55. The van der Waals surface area contributed by atoms with E-state index in [2.05, 4.69) is 16.8 Å². The summed E-state index contributed by atoms with van der Waals surface area (Å²) in [5, 5.41) is 10.2. The summed E-state index contributed by atoms with van der Waals surface area (Å²) in [6.45, 7) is 4.78. The van der Waals surface area contributed by atoms with E-state index in [1.165, 1.54) is 12.8 Å². The van der Waals surface area contributed by atoms with Crippen molar-refractivity contribution in [3.05, 3.63) is 0 Å². The summed E-state index contributed by atoms with van der Waals surface area (Å²) in [7, 11) is 0. The largest absolute Gasteiger partial charge is 0.388 e. The Kier molecular flexibility index (Phi) is 3.92. The lowest BCUT2D eigenvalue weighted by atomic mass is 9.99. The molecular weight excluding hydrogens is 214 g/mol. The number of nitrogens with zero attached hydrogens (tertiary/aromatic N) is 2. The molecule has 0 atom stereocenters. The van der Waals surface area contributed by atoms with Crippen molar-refractivity contribution in [1.29, 1.82) is 0 Å². The van der Waals surface area contributed by atoms with Gasteiger partial charge in [-0.2, -0.15) is 0 Å². The molecule has 98 valence electrons. The number of hydrogen-bond acceptors (Lipinski definition) is 2. The fourth-order valence-electron chi connectivity index (χ4n) is 2.76. The molecule has 4 heteroatoms. The van der Waals surface area contributed by atoms with Crippen molar-refractivity contribution in [2.24, 2.45) is 16.6 Å². The molecule has 1 aliphatic carbocycles. The summed E-state index contributed by atoms with van der Waals surface area (Å²) in [6.07, 6.45) is 6.38. The molecule has 0 aromatic heterocycles. The molecule has 2 fully saturated rings. The van der Waals surface area contributed by atoms with Gasteiger partial charge in [-0.05, 0) is 31.6 Å². The average Bonchev–Trinajstić information content (AvgIpc) is 2.75. The highest BCUT2D eigenvalue weighted by Crippen LogP contribution is 2.29. The van der Waals surface area contributed by atoms with Gasteiger partial charge in [0.05, 0.1) is 12.1 Å². The quantitative estimate of drug-likeness (QED) is 0.564. The van der Waals surface area contributed by atoms with Gasteiger partial charge < -0.3 is 15.7 Å². The Morgan fingerprint density at radius 2 is 1.94 bits per heavy atom. The van der Waals surface area contributed by atoms with Gasteiger partial charge in [-0.3, -0.25) is 4.99 Å². The first-order chi connectivity index (χ1) is 8.09. The zero-order valence-electron chi connectivity index (χ0n) is 10.9. The smallest absolute Gasteiger partial charge is 0.191 e. The van der Waals surface area contributed by atoms with Crippen LogP contribution in [0.15, 0.2) is 4.99 Å². The topological polar surface area (TPSA) is 61.8 Å². The molecule has 0 aromatic carbocycles. The van der Waals surface area contributed by atoms with Gasteiger partial charge in [0.1, 0.15) is 0 Å². The van der Waals surface area contributed by atoms with Crippen LogP contribution in [0.4, 0.5) is 0 Å². The van der Waals surface area contributed by atoms with Gasteiger partial charge in [0.25, 0.3) is 0 Å². The summed E-state index contributed by atoms with van der Waals surface area (Å²) in [5.41, 5.74) is 5.42. The molecule has 4 nitrogen and oxygen atoms in total. The molecule has 0 spiro atoms. The van der Waals surface area contributed by atoms with Crippen LogP contribution in [0.1, 0.15) is 45.4 Å². The first kappa shape index (κ1) is 12.7. The Bertz CT molecular complexity index is 276. The minimum absolute atomic E-state index is 0.477. The summed E-state index contributed by atoms with van der Waals surface area (Å²) in [6, 6.07) is 0. The lowest BCUT2D eigenvalue weighted by molar-refractivity contribution is 0.0571. The molecule has 0 radical (unpaired) electrons. The van der Waals surface area contributed by atoms with Crippen LogP contribution in [0.25, 0.3) is 0 Å². The normalized spacial score (nSPS) is 26.5. The second-order valence-electron chi connectivity index (χ2n) is 5.78. The SMILES string of the molecule is CC1CCN(C(N)=NCC2(O)CCCC2)CC1. The number of guanidine groups is 1. The average molecular weight is 239 g/mol. The van der Waals surface area contributed by atoms with Crippen LogP contribution in [0.3, 0.4) is 0 Å². The van der Waals surface area contributed by atoms with Crippen LogP contribution in [-0.4, -0.2) is 41.2 Å². The molecule has 17 heavy (non-hydrogen) atoms. The van der Waals surface area contributed by atoms with Crippen molar-refractivity contribution in [2.45, 2.75) is 51.0 Å². The molecule has 1 aliphatic heterocycles. The third-order valence-corrected chi connectivity index (χ3v) is 4.18. The van der Waals surface area contributed by atoms with Crippen LogP contribution >= 0.6 is 0 Å². The van der Waals surface area contributed by atoms with Crippen LogP contribution in [0, 0.1) is 5.92 Å². The maximum Gasteiger partial charge on any atom is 0.191 e. The number of aliphatic imine (C=N–C) groups is 1. The van der Waals surface area contributed by atoms with Crippen LogP contribution in [-0.2, 0) is 0 Å². The third-order valence-electron chi connectivity index (χ3n) is 4.18. The van der Waals surface area contributed by atoms with E-state index in [1.54, 1.807) is 0 Å². The van der Waals surface area contributed by atoms with Crippen LogP contribution < -0.4 is 5.73 Å². The lowest BCUT2D eigenvalue weighted by Gasteiger charge is -2.31. The van der Waals surface area contributed by atoms with E-state index in [9.17, 15) is 5.11 Å². The minimum Gasteiger partial charge on any atom is -0.388 e. The second-order valence-corrected chi connectivity index (χ2v) is 5.78. The molecule has 0 amide bonds. The Balaban J connectivity index is 1.84. The molecule has 0 aromatic rings. The molecule has 2 aliphatic rings. The Morgan fingerprint density at radius 3 is 2.53 bits per heavy atom. The molecule has 0 unspecified atom stereocenters. The minimum atomic E-state index is -0.576. The Morgan fingerprint density at radius 1 is 1.35 bits per heavy atom. The standard InChI is InChI=1S/C13H25N3O/c1-11-4-8-16(9-5-11)12(14)15-10-13(17)6-2-3-7-13/h11,17H,2-10H2,1H3,(H2,14,15). The summed E-state index contributed by atoms with van der Waals surface area (Å²) in [5.74, 6) is 1.43. The number of nitrogens with two attached hydrogens (primary N) is 1. The first-order valence-corrected chi connectivity index (χ1v) is 6.86. The summed E-state index contributed by atoms with van der Waals surface area (Å²) >= 11 is 0. The number of rotatable bonds is 2. The number of hydrogen-bond donors (Lipinski definition) is 2. The van der Waals surface area contributed by atoms with Gasteiger partial charge in [-0.25, -0.2) is 0 Å². The zero-order chi connectivity index (χ0) is 12.3. The monoisotopic (exact) mass is 239 g/mol. The van der Waals surface area contributed by atoms with Crippen LogP contribution in [0.2, 0.25) is 0 Å². The highest BCUT2D eigenvalue weighted by atomic mass is 16.3. The Hall–Kier alpha value is -0.770. The van der Waals surface area contributed by atoms with Crippen molar-refractivity contribution >= 4 is 5.96 Å². The van der Waals surface area contributed by atoms with Gasteiger partial charge >= 0.3 is 0 Å². The van der Waals surface area contributed by atoms with E-state index >= 15 is 0 Å². The molecule has 1 saturated carbocycles. The molecule has 1 saturated heterocycles. The molecule has 3 N–H and O–H groups in total. The van der Waals surface area contributed by atoms with Crippen molar-refractivity contribution in [2.75, 3.05) is 19.6 Å². The van der Waals surface area contributed by atoms with E-state index in [-0.39, 0.29) is 0 Å². The maximum atomic E-state index is 10.2. The van der Waals surface area contributed by atoms with Crippen molar-refractivity contribution in [3.8, 4) is 0 Å². The van der Waals surface area contributed by atoms with E-state index in [0.29, 0.717) is 12.5 Å². The highest BCUT2D eigenvalue weighted by Gasteiger charge is 2.31. The van der Waals surface area contributed by atoms with E-state index in [0.717, 1.165) is 44.7 Å². The van der Waals surface area contributed by atoms with E-state index in [1.807, 2.05) is 0 Å². The van der Waals surface area contributed by atoms with Gasteiger partial charge in [0.15, 0.2) is 5.96 Å². The highest BCUT2D eigenvalue weighted by molar-refractivity contribution is 5.78. The molecular formula is C13H25N3O. The molecule has 0 bridgehead atoms. The number of piperidine rings is 1. The third kappa shape index (κ3) is 3.35. The number of likely N-dealkylation sites (tertiary alicyclic amines) is 1. The fourth-order valence-corrected chi connectivity index (χ4v) is 2.76. The van der Waals surface area contributed by atoms with Crippen molar-refractivity contribution in [1.82, 2.24) is 4.90 Å². The first-order valence-electron chi connectivity index (χ1n) is 6.86. The summed E-state index contributed by atoms with van der Waals surface area (Å²) < 4.78 is 0. The van der Waals surface area contributed by atoms with Gasteiger partial charge in [-0.1, -0.05) is 19.8 Å². The van der Waals surface area contributed by atoms with Gasteiger partial charge in [-0.15, -0.1) is 0 Å². The fraction of sp³-hybridized carbons (Fsp3) is 0.923. The van der Waals surface area contributed by atoms with Crippen molar-refractivity contribution in [3.63, 3.8) is 0 Å². The van der Waals surface area contributed by atoms with E-state index in [4.69, 9.17) is 5.73 Å². The van der Waals surface area contributed by atoms with Crippen molar-refractivity contribution < 1.29 is 5.11 Å². The van der Waals surface area contributed by atoms with E-state index < -0.39 is 5.60 Å². The van der Waals surface area contributed by atoms with Crippen LogP contribution in [0.5, 0.6) is 0 Å². The number of aliphatic hydroxyl groups is 1. The zero-order valence-corrected chi connectivity index (χ0v) is 10.9. The predicted octanol–water partition coefficient (Wildman–Crippen LogP) is 1.34. The Labute approximate surface area is 104 Å². The van der Waals surface area contributed by atoms with Gasteiger partial charge in [0.2, 0.25) is 0 Å². The lowest BCUT2D eigenvalue weighted by Crippen LogP contribution is -2.43. The molecule has 2 rings (SSSR count). The maximum absolute atomic E-state index is 10.2.